The Kier molecular flexibility index (Phi) is 7.06. The second-order valence-electron chi connectivity index (χ2n) is 5.85. The molecule has 0 atom stereocenters. The molecule has 0 fully saturated rings. The molecule has 2 rings (SSSR count). The lowest BCUT2D eigenvalue weighted by Crippen LogP contribution is -2.20. The van der Waals surface area contributed by atoms with Crippen molar-refractivity contribution in [1.29, 1.82) is 0 Å². The third-order valence-electron chi connectivity index (χ3n) is 3.76. The second-order valence-corrected chi connectivity index (χ2v) is 7.96. The minimum atomic E-state index is 0.0882. The van der Waals surface area contributed by atoms with E-state index in [0.29, 0.717) is 5.57 Å². The monoisotopic (exact) mass is 361 g/mol. The largest absolute Gasteiger partial charge is 0.374 e. The van der Waals surface area contributed by atoms with Crippen molar-refractivity contribution in [2.75, 3.05) is 24.2 Å². The summed E-state index contributed by atoms with van der Waals surface area (Å²) in [6.45, 7) is 6.31. The highest BCUT2D eigenvalue weighted by Crippen LogP contribution is 2.26. The Labute approximate surface area is 151 Å². The van der Waals surface area contributed by atoms with E-state index in [1.165, 1.54) is 23.1 Å². The fraction of sp³-hybridized carbons (Fsp3) is 0.368. The maximum atomic E-state index is 11.9. The normalized spacial score (nSPS) is 10.8. The summed E-state index contributed by atoms with van der Waals surface area (Å²) in [5.74, 6) is 0.843. The molecule has 0 aliphatic rings. The molecule has 1 aromatic carbocycles. The van der Waals surface area contributed by atoms with Gasteiger partial charge in [-0.25, -0.2) is 0 Å². The van der Waals surface area contributed by atoms with Gasteiger partial charge in [0.25, 0.3) is 0 Å². The number of nitrogens with zero attached hydrogens (tertiary/aromatic N) is 1. The smallest absolute Gasteiger partial charge is 0.234 e. The van der Waals surface area contributed by atoms with Gasteiger partial charge in [-0.05, 0) is 31.4 Å². The van der Waals surface area contributed by atoms with E-state index in [0.717, 1.165) is 47.3 Å². The van der Waals surface area contributed by atoms with Crippen molar-refractivity contribution in [3.8, 4) is 0 Å². The molecule has 0 N–H and O–H groups in total. The van der Waals surface area contributed by atoms with E-state index in [-0.39, 0.29) is 9.86 Å². The SMILES string of the molecule is C=C(C)C(=O)SCCCCCN(C)c1cc(=O)sc2ccccc12. The summed E-state index contributed by atoms with van der Waals surface area (Å²) >= 11 is 2.64. The molecule has 0 saturated carbocycles. The first kappa shape index (κ1) is 18.7. The van der Waals surface area contributed by atoms with Gasteiger partial charge in [0.05, 0.1) is 0 Å². The first-order valence-electron chi connectivity index (χ1n) is 8.05. The number of benzene rings is 1. The number of thioether (sulfide) groups is 1. The number of hydrogen-bond acceptors (Lipinski definition) is 5. The predicted molar refractivity (Wildman–Crippen MR) is 107 cm³/mol. The van der Waals surface area contributed by atoms with Crippen LogP contribution in [0.2, 0.25) is 0 Å². The van der Waals surface area contributed by atoms with Crippen molar-refractivity contribution in [3.05, 3.63) is 52.0 Å². The lowest BCUT2D eigenvalue weighted by molar-refractivity contribution is -0.107. The van der Waals surface area contributed by atoms with Crippen LogP contribution >= 0.6 is 23.1 Å². The molecule has 1 aromatic heterocycles. The molecular weight excluding hydrogens is 338 g/mol. The average molecular weight is 362 g/mol. The molecule has 0 amide bonds. The average Bonchev–Trinajstić information content (AvgIpc) is 2.56. The van der Waals surface area contributed by atoms with Crippen LogP contribution in [-0.4, -0.2) is 24.5 Å². The first-order valence-corrected chi connectivity index (χ1v) is 9.86. The molecule has 0 bridgehead atoms. The summed E-state index contributed by atoms with van der Waals surface area (Å²) in [7, 11) is 2.03. The fourth-order valence-corrected chi connectivity index (χ4v) is 4.04. The molecule has 0 unspecified atom stereocenters. The number of carbonyl (C=O) groups excluding carboxylic acids is 1. The molecule has 128 valence electrons. The Morgan fingerprint density at radius 2 is 2.00 bits per heavy atom. The zero-order chi connectivity index (χ0) is 17.5. The van der Waals surface area contributed by atoms with E-state index in [2.05, 4.69) is 17.5 Å². The van der Waals surface area contributed by atoms with E-state index >= 15 is 0 Å². The molecule has 0 radical (unpaired) electrons. The number of rotatable bonds is 8. The van der Waals surface area contributed by atoms with Gasteiger partial charge in [0.1, 0.15) is 0 Å². The van der Waals surface area contributed by atoms with Crippen LogP contribution in [0.5, 0.6) is 0 Å². The molecule has 1 heterocycles. The van der Waals surface area contributed by atoms with Crippen molar-refractivity contribution in [1.82, 2.24) is 0 Å². The van der Waals surface area contributed by atoms with Crippen LogP contribution in [0, 0.1) is 0 Å². The number of hydrogen-bond donors (Lipinski definition) is 0. The minimum Gasteiger partial charge on any atom is -0.374 e. The van der Waals surface area contributed by atoms with Crippen LogP contribution in [0.3, 0.4) is 0 Å². The zero-order valence-corrected chi connectivity index (χ0v) is 15.8. The quantitative estimate of drug-likeness (QED) is 0.504. The highest BCUT2D eigenvalue weighted by atomic mass is 32.2. The summed E-state index contributed by atoms with van der Waals surface area (Å²) in [6, 6.07) is 9.76. The van der Waals surface area contributed by atoms with Gasteiger partial charge in [0.15, 0.2) is 0 Å². The van der Waals surface area contributed by atoms with Crippen molar-refractivity contribution in [2.24, 2.45) is 0 Å². The van der Waals surface area contributed by atoms with Crippen LogP contribution in [0.25, 0.3) is 10.1 Å². The Hall–Kier alpha value is -1.59. The second kappa shape index (κ2) is 9.04. The van der Waals surface area contributed by atoms with Gasteiger partial charge in [-0.15, -0.1) is 0 Å². The maximum absolute atomic E-state index is 11.9. The predicted octanol–water partition coefficient (Wildman–Crippen LogP) is 4.70. The van der Waals surface area contributed by atoms with Gasteiger partial charge in [0.2, 0.25) is 9.86 Å². The van der Waals surface area contributed by atoms with Gasteiger partial charge in [-0.3, -0.25) is 9.59 Å². The van der Waals surface area contributed by atoms with Gasteiger partial charge in [-0.2, -0.15) is 0 Å². The molecule has 0 saturated heterocycles. The first-order chi connectivity index (χ1) is 11.5. The topological polar surface area (TPSA) is 37.4 Å². The Balaban J connectivity index is 1.85. The van der Waals surface area contributed by atoms with Gasteiger partial charge >= 0.3 is 0 Å². The summed E-state index contributed by atoms with van der Waals surface area (Å²) in [5.41, 5.74) is 1.62. The van der Waals surface area contributed by atoms with Crippen molar-refractivity contribution in [2.45, 2.75) is 26.2 Å². The standard InChI is InChI=1S/C19H23NO2S2/c1-14(2)19(22)23-12-8-4-7-11-20(3)16-13-18(21)24-17-10-6-5-9-15(16)17/h5-6,9-10,13H,1,4,7-8,11-12H2,2-3H3. The summed E-state index contributed by atoms with van der Waals surface area (Å²) < 4.78 is 1.12. The lowest BCUT2D eigenvalue weighted by atomic mass is 10.2. The van der Waals surface area contributed by atoms with Crippen LogP contribution in [-0.2, 0) is 4.79 Å². The van der Waals surface area contributed by atoms with E-state index < -0.39 is 0 Å². The molecule has 2 aromatic rings. The lowest BCUT2D eigenvalue weighted by Gasteiger charge is -2.20. The van der Waals surface area contributed by atoms with E-state index in [1.54, 1.807) is 13.0 Å². The maximum Gasteiger partial charge on any atom is 0.234 e. The highest BCUT2D eigenvalue weighted by Gasteiger charge is 2.08. The summed E-state index contributed by atoms with van der Waals surface area (Å²) in [6.07, 6.45) is 3.12. The molecule has 0 aliphatic heterocycles. The molecule has 0 aliphatic carbocycles. The van der Waals surface area contributed by atoms with Crippen molar-refractivity contribution in [3.63, 3.8) is 0 Å². The molecule has 24 heavy (non-hydrogen) atoms. The zero-order valence-electron chi connectivity index (χ0n) is 14.2. The summed E-state index contributed by atoms with van der Waals surface area (Å²) in [4.78, 5) is 25.5. The number of fused-ring (bicyclic) bond motifs is 1. The summed E-state index contributed by atoms with van der Waals surface area (Å²) in [5, 5.41) is 1.22. The molecular formula is C19H23NO2S2. The van der Waals surface area contributed by atoms with E-state index in [1.807, 2.05) is 25.2 Å². The van der Waals surface area contributed by atoms with Crippen molar-refractivity contribution < 1.29 is 4.79 Å². The molecule has 0 spiro atoms. The Morgan fingerprint density at radius 1 is 1.25 bits per heavy atom. The van der Waals surface area contributed by atoms with Gasteiger partial charge in [0, 0.05) is 41.2 Å². The van der Waals surface area contributed by atoms with E-state index in [4.69, 9.17) is 0 Å². The van der Waals surface area contributed by atoms with Crippen molar-refractivity contribution >= 4 is 44.0 Å². The van der Waals surface area contributed by atoms with Gasteiger partial charge in [-0.1, -0.05) is 54.3 Å². The minimum absolute atomic E-state index is 0.0882. The van der Waals surface area contributed by atoms with Crippen LogP contribution in [0.15, 0.2) is 47.3 Å². The van der Waals surface area contributed by atoms with Crippen LogP contribution < -0.4 is 9.64 Å². The number of carbonyl (C=O) groups is 1. The molecule has 3 nitrogen and oxygen atoms in total. The number of unbranched alkanes of at least 4 members (excludes halogenated alkanes) is 2. The van der Waals surface area contributed by atoms with Crippen LogP contribution in [0.4, 0.5) is 5.69 Å². The number of anilines is 1. The van der Waals surface area contributed by atoms with Gasteiger partial charge < -0.3 is 4.90 Å². The fourth-order valence-electron chi connectivity index (χ4n) is 2.45. The van der Waals surface area contributed by atoms with E-state index in [9.17, 15) is 9.59 Å². The van der Waals surface area contributed by atoms with Crippen LogP contribution in [0.1, 0.15) is 26.2 Å². The third-order valence-corrected chi connectivity index (χ3v) is 5.76. The third kappa shape index (κ3) is 5.21. The Morgan fingerprint density at radius 3 is 2.75 bits per heavy atom. The molecule has 5 heteroatoms. The Bertz CT molecular complexity index is 782. The highest BCUT2D eigenvalue weighted by molar-refractivity contribution is 8.14.